The van der Waals surface area contributed by atoms with Crippen LogP contribution in [-0.4, -0.2) is 49.4 Å². The standard InChI is InChI=1S/C21H23FN8/c22-18-10-24-5-4-17(18)15-3-1-2-13(6-15)11-30-12-14(9-25-30)7-16-8-19(23)26-21-20(16)27-29-28-21/h1-3,6,8-9,12,17-18,24H,4-5,7,10-11H2,(H3,23,26,27,28,29). The highest BCUT2D eigenvalue weighted by atomic mass is 19.1. The van der Waals surface area contributed by atoms with Crippen molar-refractivity contribution in [2.75, 3.05) is 18.8 Å². The van der Waals surface area contributed by atoms with Gasteiger partial charge < -0.3 is 11.1 Å². The number of aromatic amines is 1. The third-order valence-electron chi connectivity index (χ3n) is 5.60. The van der Waals surface area contributed by atoms with Crippen molar-refractivity contribution >= 4 is 17.0 Å². The molecule has 1 aliphatic heterocycles. The van der Waals surface area contributed by atoms with Crippen molar-refractivity contribution in [3.8, 4) is 0 Å². The van der Waals surface area contributed by atoms with E-state index in [0.29, 0.717) is 36.5 Å². The molecular formula is C21H23FN8. The van der Waals surface area contributed by atoms with Crippen LogP contribution >= 0.6 is 0 Å². The van der Waals surface area contributed by atoms with Gasteiger partial charge in [0.25, 0.3) is 0 Å². The average Bonchev–Trinajstić information content (AvgIpc) is 3.38. The molecule has 9 heteroatoms. The number of nitrogens with one attached hydrogen (secondary N) is 2. The zero-order chi connectivity index (χ0) is 20.5. The van der Waals surface area contributed by atoms with Crippen LogP contribution in [0.25, 0.3) is 11.2 Å². The van der Waals surface area contributed by atoms with Gasteiger partial charge in [0.2, 0.25) is 5.65 Å². The molecule has 0 radical (unpaired) electrons. The number of hydrogen-bond acceptors (Lipinski definition) is 6. The minimum atomic E-state index is -0.841. The first-order valence-electron chi connectivity index (χ1n) is 10.1. The van der Waals surface area contributed by atoms with Crippen molar-refractivity contribution in [1.82, 2.24) is 35.5 Å². The molecule has 1 aromatic carbocycles. The zero-order valence-corrected chi connectivity index (χ0v) is 16.4. The van der Waals surface area contributed by atoms with Gasteiger partial charge in [-0.25, -0.2) is 9.37 Å². The summed E-state index contributed by atoms with van der Waals surface area (Å²) in [5.74, 6) is 0.376. The van der Waals surface area contributed by atoms with Crippen molar-refractivity contribution in [3.05, 3.63) is 65.0 Å². The lowest BCUT2D eigenvalue weighted by Gasteiger charge is -2.27. The monoisotopic (exact) mass is 406 g/mol. The Morgan fingerprint density at radius 2 is 2.13 bits per heavy atom. The van der Waals surface area contributed by atoms with Crippen LogP contribution in [0.3, 0.4) is 0 Å². The van der Waals surface area contributed by atoms with Gasteiger partial charge in [0.1, 0.15) is 17.5 Å². The molecule has 8 nitrogen and oxygen atoms in total. The zero-order valence-electron chi connectivity index (χ0n) is 16.4. The number of nitrogens with two attached hydrogens (primary N) is 1. The number of anilines is 1. The number of rotatable bonds is 5. The lowest BCUT2D eigenvalue weighted by molar-refractivity contribution is 0.231. The second-order valence-corrected chi connectivity index (χ2v) is 7.79. The van der Waals surface area contributed by atoms with Crippen LogP contribution in [-0.2, 0) is 13.0 Å². The van der Waals surface area contributed by atoms with Crippen LogP contribution in [0.4, 0.5) is 10.2 Å². The summed E-state index contributed by atoms with van der Waals surface area (Å²) in [6.07, 6.45) is 4.47. The number of halogens is 1. The first-order chi connectivity index (χ1) is 14.7. The first kappa shape index (κ1) is 18.7. The molecule has 1 saturated heterocycles. The Balaban J connectivity index is 1.33. The van der Waals surface area contributed by atoms with Crippen molar-refractivity contribution in [2.24, 2.45) is 0 Å². The maximum absolute atomic E-state index is 14.3. The van der Waals surface area contributed by atoms with Crippen LogP contribution in [0, 0.1) is 0 Å². The summed E-state index contributed by atoms with van der Waals surface area (Å²) in [5, 5.41) is 18.4. The molecule has 0 spiro atoms. The number of H-pyrrole nitrogens is 1. The Morgan fingerprint density at radius 3 is 3.03 bits per heavy atom. The number of benzene rings is 1. The maximum Gasteiger partial charge on any atom is 0.203 e. The fraction of sp³-hybridized carbons (Fsp3) is 0.333. The number of piperidine rings is 1. The van der Waals surface area contributed by atoms with Crippen molar-refractivity contribution in [3.63, 3.8) is 0 Å². The van der Waals surface area contributed by atoms with Gasteiger partial charge >= 0.3 is 0 Å². The molecule has 0 saturated carbocycles. The number of pyridine rings is 1. The normalized spacial score (nSPS) is 19.4. The van der Waals surface area contributed by atoms with Crippen LogP contribution in [0.15, 0.2) is 42.7 Å². The highest BCUT2D eigenvalue weighted by Crippen LogP contribution is 2.28. The summed E-state index contributed by atoms with van der Waals surface area (Å²) in [7, 11) is 0. The molecule has 0 amide bonds. The van der Waals surface area contributed by atoms with E-state index in [1.54, 1.807) is 0 Å². The van der Waals surface area contributed by atoms with Gasteiger partial charge in [-0.15, -0.1) is 5.10 Å². The van der Waals surface area contributed by atoms with E-state index in [1.807, 2.05) is 35.3 Å². The summed E-state index contributed by atoms with van der Waals surface area (Å²) in [4.78, 5) is 4.17. The van der Waals surface area contributed by atoms with Crippen LogP contribution < -0.4 is 11.1 Å². The molecule has 4 heterocycles. The quantitative estimate of drug-likeness (QED) is 0.469. The van der Waals surface area contributed by atoms with Crippen LogP contribution in [0.5, 0.6) is 0 Å². The Labute approximate surface area is 172 Å². The molecule has 4 N–H and O–H groups in total. The van der Waals surface area contributed by atoms with E-state index in [4.69, 9.17) is 5.73 Å². The number of nitrogens with zero attached hydrogens (tertiary/aromatic N) is 5. The summed E-state index contributed by atoms with van der Waals surface area (Å²) in [5.41, 5.74) is 11.3. The lowest BCUT2D eigenvalue weighted by Crippen LogP contribution is -2.36. The fourth-order valence-corrected chi connectivity index (χ4v) is 4.16. The first-order valence-corrected chi connectivity index (χ1v) is 10.1. The third kappa shape index (κ3) is 3.76. The molecule has 2 unspecified atom stereocenters. The second kappa shape index (κ2) is 7.83. The summed E-state index contributed by atoms with van der Waals surface area (Å²) in [6, 6.07) is 10.0. The Morgan fingerprint density at radius 1 is 1.20 bits per heavy atom. The van der Waals surface area contributed by atoms with E-state index >= 15 is 0 Å². The number of nitrogen functional groups attached to an aromatic ring is 1. The number of alkyl halides is 1. The van der Waals surface area contributed by atoms with Crippen LogP contribution in [0.2, 0.25) is 0 Å². The minimum Gasteiger partial charge on any atom is -0.384 e. The van der Waals surface area contributed by atoms with E-state index < -0.39 is 6.17 Å². The van der Waals surface area contributed by atoms with E-state index in [0.717, 1.165) is 35.2 Å². The number of hydrogen-bond donors (Lipinski definition) is 3. The maximum atomic E-state index is 14.3. The molecular weight excluding hydrogens is 383 g/mol. The molecule has 30 heavy (non-hydrogen) atoms. The molecule has 1 fully saturated rings. The molecule has 3 aromatic heterocycles. The third-order valence-corrected chi connectivity index (χ3v) is 5.60. The van der Waals surface area contributed by atoms with E-state index in [-0.39, 0.29) is 5.92 Å². The SMILES string of the molecule is Nc1cc(Cc2cnn(Cc3cccc(C4CCNCC4F)c3)c2)c2n[nH]nc2n1. The fourth-order valence-electron chi connectivity index (χ4n) is 4.16. The summed E-state index contributed by atoms with van der Waals surface area (Å²) >= 11 is 0. The Bertz CT molecular complexity index is 1170. The topological polar surface area (TPSA) is 110 Å². The Hall–Kier alpha value is -3.33. The molecule has 4 aromatic rings. The average molecular weight is 406 g/mol. The molecule has 5 rings (SSSR count). The molecule has 1 aliphatic rings. The van der Waals surface area contributed by atoms with E-state index in [9.17, 15) is 4.39 Å². The highest BCUT2D eigenvalue weighted by Gasteiger charge is 2.26. The van der Waals surface area contributed by atoms with Crippen molar-refractivity contribution in [2.45, 2.75) is 31.5 Å². The van der Waals surface area contributed by atoms with Gasteiger partial charge in [-0.1, -0.05) is 24.3 Å². The van der Waals surface area contributed by atoms with E-state index in [1.165, 1.54) is 0 Å². The van der Waals surface area contributed by atoms with Crippen LogP contribution in [0.1, 0.15) is 34.6 Å². The van der Waals surface area contributed by atoms with Gasteiger partial charge in [-0.2, -0.15) is 15.4 Å². The number of fused-ring (bicyclic) bond motifs is 1. The van der Waals surface area contributed by atoms with Gasteiger partial charge in [0.05, 0.1) is 12.7 Å². The van der Waals surface area contributed by atoms with Gasteiger partial charge in [0, 0.05) is 25.1 Å². The summed E-state index contributed by atoms with van der Waals surface area (Å²) < 4.78 is 16.2. The second-order valence-electron chi connectivity index (χ2n) is 7.79. The van der Waals surface area contributed by atoms with Gasteiger partial charge in [-0.05, 0) is 41.3 Å². The molecule has 154 valence electrons. The van der Waals surface area contributed by atoms with Gasteiger partial charge in [0.15, 0.2) is 0 Å². The number of aromatic nitrogens is 6. The predicted octanol–water partition coefficient (Wildman–Crippen LogP) is 2.19. The summed E-state index contributed by atoms with van der Waals surface area (Å²) in [6.45, 7) is 1.92. The molecule has 2 atom stereocenters. The van der Waals surface area contributed by atoms with Gasteiger partial charge in [-0.3, -0.25) is 4.68 Å². The minimum absolute atomic E-state index is 0.0404. The molecule has 0 bridgehead atoms. The van der Waals surface area contributed by atoms with Crippen molar-refractivity contribution in [1.29, 1.82) is 0 Å². The highest BCUT2D eigenvalue weighted by molar-refractivity contribution is 5.76. The van der Waals surface area contributed by atoms with E-state index in [2.05, 4.69) is 42.9 Å². The predicted molar refractivity (Wildman–Crippen MR) is 112 cm³/mol. The molecule has 0 aliphatic carbocycles. The van der Waals surface area contributed by atoms with Crippen molar-refractivity contribution < 1.29 is 4.39 Å². The Kier molecular flexibility index (Phi) is 4.88. The lowest BCUT2D eigenvalue weighted by atomic mass is 9.88. The smallest absolute Gasteiger partial charge is 0.203 e. The largest absolute Gasteiger partial charge is 0.384 e.